The fourth-order valence-electron chi connectivity index (χ4n) is 2.79. The van der Waals surface area contributed by atoms with Crippen molar-refractivity contribution in [1.82, 2.24) is 0 Å². The Hall–Kier alpha value is -1.59. The number of nitrogens with two attached hydrogens (primary N) is 1. The van der Waals surface area contributed by atoms with E-state index >= 15 is 0 Å². The van der Waals surface area contributed by atoms with Gasteiger partial charge in [0.2, 0.25) is 0 Å². The molecule has 0 saturated heterocycles. The second kappa shape index (κ2) is 6.04. The highest BCUT2D eigenvalue weighted by Gasteiger charge is 2.38. The maximum Gasteiger partial charge on any atom is 0.354 e. The summed E-state index contributed by atoms with van der Waals surface area (Å²) in [6.07, 6.45) is 5.24. The van der Waals surface area contributed by atoms with Crippen LogP contribution in [-0.2, 0) is 9.63 Å². The summed E-state index contributed by atoms with van der Waals surface area (Å²) in [6, 6.07) is 0.130. The van der Waals surface area contributed by atoms with Gasteiger partial charge >= 0.3 is 5.97 Å². The summed E-state index contributed by atoms with van der Waals surface area (Å²) >= 11 is 0. The summed E-state index contributed by atoms with van der Waals surface area (Å²) in [5, 5.41) is 12.8. The number of carbonyl (C=O) groups is 1. The van der Waals surface area contributed by atoms with Crippen molar-refractivity contribution >= 4 is 17.5 Å². The van der Waals surface area contributed by atoms with Crippen LogP contribution in [0.1, 0.15) is 45.4 Å². The van der Waals surface area contributed by atoms with E-state index < -0.39 is 5.97 Å². The summed E-state index contributed by atoms with van der Waals surface area (Å²) in [6.45, 7) is 1.95. The number of oxime groups is 1. The normalized spacial score (nSPS) is 31.1. The van der Waals surface area contributed by atoms with Crippen molar-refractivity contribution in [2.24, 2.45) is 21.8 Å². The van der Waals surface area contributed by atoms with Gasteiger partial charge in [0, 0.05) is 12.8 Å². The topological polar surface area (TPSA) is 97.3 Å². The van der Waals surface area contributed by atoms with E-state index in [1.54, 1.807) is 0 Å². The van der Waals surface area contributed by atoms with Crippen LogP contribution < -0.4 is 5.73 Å². The Bertz CT molecular complexity index is 406. The number of rotatable bonds is 4. The van der Waals surface area contributed by atoms with Crippen molar-refractivity contribution in [2.45, 2.75) is 57.6 Å². The predicted molar refractivity (Wildman–Crippen MR) is 72.2 cm³/mol. The molecule has 6 heteroatoms. The van der Waals surface area contributed by atoms with Crippen molar-refractivity contribution in [1.29, 1.82) is 0 Å². The molecule has 2 heterocycles. The molecule has 0 aromatic heterocycles. The van der Waals surface area contributed by atoms with Gasteiger partial charge in [0.05, 0.1) is 17.8 Å². The fraction of sp³-hybridized carbons (Fsp3) is 0.769. The molecule has 0 spiro atoms. The third-order valence-electron chi connectivity index (χ3n) is 3.82. The van der Waals surface area contributed by atoms with E-state index in [1.807, 2.05) is 6.92 Å². The van der Waals surface area contributed by atoms with Crippen LogP contribution in [0.25, 0.3) is 0 Å². The lowest BCUT2D eigenvalue weighted by Crippen LogP contribution is -2.30. The molecule has 3 atom stereocenters. The first-order chi connectivity index (χ1) is 9.11. The second-order valence-corrected chi connectivity index (χ2v) is 5.20. The predicted octanol–water partition coefficient (Wildman–Crippen LogP) is 1.54. The smallest absolute Gasteiger partial charge is 0.354 e. The Balaban J connectivity index is 2.00. The molecule has 0 aromatic rings. The van der Waals surface area contributed by atoms with Crippen LogP contribution in [0.2, 0.25) is 0 Å². The number of aliphatic carboxylic acids is 1. The van der Waals surface area contributed by atoms with Gasteiger partial charge in [0.15, 0.2) is 5.71 Å². The number of nitrogens with zero attached hydrogens (tertiary/aromatic N) is 2. The Kier molecular flexibility index (Phi) is 4.39. The molecule has 0 radical (unpaired) electrons. The molecule has 2 rings (SSSR count). The Labute approximate surface area is 112 Å². The van der Waals surface area contributed by atoms with Gasteiger partial charge in [-0.15, -0.1) is 0 Å². The summed E-state index contributed by atoms with van der Waals surface area (Å²) in [5.74, 6) is -0.427. The molecule has 106 valence electrons. The second-order valence-electron chi connectivity index (χ2n) is 5.20. The molecule has 0 amide bonds. The molecule has 6 nitrogen and oxygen atoms in total. The van der Waals surface area contributed by atoms with E-state index in [0.717, 1.165) is 25.7 Å². The van der Waals surface area contributed by atoms with Crippen LogP contribution in [0.5, 0.6) is 0 Å². The van der Waals surface area contributed by atoms with Gasteiger partial charge in [0.1, 0.15) is 6.10 Å². The zero-order chi connectivity index (χ0) is 13.8. The maximum atomic E-state index is 11.1. The molecule has 0 bridgehead atoms. The highest BCUT2D eigenvalue weighted by molar-refractivity contribution is 6.36. The zero-order valence-corrected chi connectivity index (χ0v) is 11.2. The van der Waals surface area contributed by atoms with Crippen LogP contribution >= 0.6 is 0 Å². The van der Waals surface area contributed by atoms with E-state index in [-0.39, 0.29) is 23.8 Å². The van der Waals surface area contributed by atoms with Crippen molar-refractivity contribution in [3.63, 3.8) is 0 Å². The van der Waals surface area contributed by atoms with Gasteiger partial charge < -0.3 is 15.7 Å². The van der Waals surface area contributed by atoms with Crippen LogP contribution in [0.15, 0.2) is 10.1 Å². The first-order valence-corrected chi connectivity index (χ1v) is 6.91. The highest BCUT2D eigenvalue weighted by atomic mass is 16.6. The van der Waals surface area contributed by atoms with Crippen molar-refractivity contribution in [3.8, 4) is 0 Å². The van der Waals surface area contributed by atoms with Gasteiger partial charge in [0.25, 0.3) is 0 Å². The first kappa shape index (κ1) is 13.8. The summed E-state index contributed by atoms with van der Waals surface area (Å²) in [4.78, 5) is 20.9. The molecule has 0 fully saturated rings. The average molecular weight is 267 g/mol. The minimum Gasteiger partial charge on any atom is -0.477 e. The quantitative estimate of drug-likeness (QED) is 0.807. The lowest BCUT2D eigenvalue weighted by atomic mass is 9.89. The van der Waals surface area contributed by atoms with E-state index in [4.69, 9.17) is 15.7 Å². The molecule has 0 saturated carbocycles. The van der Waals surface area contributed by atoms with Crippen molar-refractivity contribution in [3.05, 3.63) is 0 Å². The molecule has 3 unspecified atom stereocenters. The summed E-state index contributed by atoms with van der Waals surface area (Å²) in [5.41, 5.74) is 5.97. The molecule has 2 aliphatic rings. The molecule has 2 aliphatic heterocycles. The molecule has 3 N–H and O–H groups in total. The SMILES string of the molecule is CCC1C(C(=O)O)=NOC1CC1CCCCC(N)=N1. The number of hydrogen-bond donors (Lipinski definition) is 2. The minimum atomic E-state index is -0.988. The lowest BCUT2D eigenvalue weighted by molar-refractivity contribution is -0.129. The Morgan fingerprint density at radius 3 is 3.00 bits per heavy atom. The number of hydrogen-bond acceptors (Lipinski definition) is 5. The van der Waals surface area contributed by atoms with Gasteiger partial charge in [-0.05, 0) is 19.3 Å². The maximum absolute atomic E-state index is 11.1. The third-order valence-corrected chi connectivity index (χ3v) is 3.82. The zero-order valence-electron chi connectivity index (χ0n) is 11.2. The van der Waals surface area contributed by atoms with Gasteiger partial charge in [-0.1, -0.05) is 18.5 Å². The molecule has 19 heavy (non-hydrogen) atoms. The minimum absolute atomic E-state index is 0.130. The van der Waals surface area contributed by atoms with Gasteiger partial charge in [-0.2, -0.15) is 0 Å². The van der Waals surface area contributed by atoms with Gasteiger partial charge in [-0.25, -0.2) is 4.79 Å². The standard InChI is InChI=1S/C13H21N3O3/c1-2-9-10(19-16-12(9)13(17)18)7-8-5-3-4-6-11(14)15-8/h8-10H,2-7H2,1H3,(H2,14,15)(H,17,18). The Morgan fingerprint density at radius 2 is 2.32 bits per heavy atom. The van der Waals surface area contributed by atoms with Crippen LogP contribution in [0, 0.1) is 5.92 Å². The number of carboxylic acid groups (broad SMARTS) is 1. The number of carboxylic acids is 1. The van der Waals surface area contributed by atoms with E-state index in [2.05, 4.69) is 10.1 Å². The molecule has 0 aromatic carbocycles. The highest BCUT2D eigenvalue weighted by Crippen LogP contribution is 2.28. The van der Waals surface area contributed by atoms with Gasteiger partial charge in [-0.3, -0.25) is 4.99 Å². The van der Waals surface area contributed by atoms with E-state index in [1.165, 1.54) is 0 Å². The number of aliphatic imine (C=N–C) groups is 1. The lowest BCUT2D eigenvalue weighted by Gasteiger charge is -2.19. The third kappa shape index (κ3) is 3.24. The van der Waals surface area contributed by atoms with E-state index in [9.17, 15) is 4.79 Å². The summed E-state index contributed by atoms with van der Waals surface area (Å²) in [7, 11) is 0. The summed E-state index contributed by atoms with van der Waals surface area (Å²) < 4.78 is 0. The monoisotopic (exact) mass is 267 g/mol. The van der Waals surface area contributed by atoms with Crippen molar-refractivity contribution < 1.29 is 14.7 Å². The van der Waals surface area contributed by atoms with Crippen LogP contribution in [-0.4, -0.2) is 34.8 Å². The molecular weight excluding hydrogens is 246 g/mol. The number of amidine groups is 1. The molecular formula is C13H21N3O3. The van der Waals surface area contributed by atoms with E-state index in [0.29, 0.717) is 18.7 Å². The van der Waals surface area contributed by atoms with Crippen LogP contribution in [0.4, 0.5) is 0 Å². The first-order valence-electron chi connectivity index (χ1n) is 6.91. The Morgan fingerprint density at radius 1 is 1.53 bits per heavy atom. The largest absolute Gasteiger partial charge is 0.477 e. The molecule has 0 aliphatic carbocycles. The average Bonchev–Trinajstić information content (AvgIpc) is 2.65. The van der Waals surface area contributed by atoms with Crippen LogP contribution in [0.3, 0.4) is 0 Å². The fourth-order valence-corrected chi connectivity index (χ4v) is 2.79. The van der Waals surface area contributed by atoms with Crippen molar-refractivity contribution in [2.75, 3.05) is 0 Å².